The van der Waals surface area contributed by atoms with Crippen LogP contribution in [0.15, 0.2) is 72.9 Å². The molecule has 4 aromatic rings. The number of halogens is 1. The van der Waals surface area contributed by atoms with Gasteiger partial charge in [-0.1, -0.05) is 65.3 Å². The maximum Gasteiger partial charge on any atom is 0.255 e. The summed E-state index contributed by atoms with van der Waals surface area (Å²) in [5.41, 5.74) is 6.22. The average Bonchev–Trinajstić information content (AvgIpc) is 3.49. The van der Waals surface area contributed by atoms with Crippen LogP contribution in [0.2, 0.25) is 5.02 Å². The third-order valence-corrected chi connectivity index (χ3v) is 7.08. The first-order valence-electron chi connectivity index (χ1n) is 12.0. The molecular formula is C28H22ClN5O3. The second kappa shape index (κ2) is 9.29. The average molecular weight is 512 g/mol. The SMILES string of the molecule is O=C1CCC(N2Cc3cc(Cn4cc(-c5ccccc5-c5ccc(Cl)cc5)nn4)ccc3C2=O)C(=O)N1. The van der Waals surface area contributed by atoms with Crippen molar-refractivity contribution in [3.05, 3.63) is 94.6 Å². The Bertz CT molecular complexity index is 1550. The fraction of sp³-hybridized carbons (Fsp3) is 0.179. The predicted molar refractivity (Wildman–Crippen MR) is 137 cm³/mol. The molecule has 1 aromatic heterocycles. The third-order valence-electron chi connectivity index (χ3n) is 6.83. The Morgan fingerprint density at radius 1 is 0.946 bits per heavy atom. The lowest BCUT2D eigenvalue weighted by Gasteiger charge is -2.29. The molecule has 3 amide bonds. The standard InChI is InChI=1S/C28H22ClN5O3/c29-20-8-6-18(7-9-20)21-3-1-2-4-23(21)24-16-33(32-31-24)14-17-5-10-22-19(13-17)15-34(28(22)37)25-11-12-26(35)30-27(25)36/h1-10,13,16,25H,11-12,14-15H2,(H,30,35,36). The van der Waals surface area contributed by atoms with Gasteiger partial charge in [-0.25, -0.2) is 4.68 Å². The van der Waals surface area contributed by atoms with Gasteiger partial charge in [-0.2, -0.15) is 0 Å². The number of rotatable bonds is 5. The van der Waals surface area contributed by atoms with Crippen molar-refractivity contribution in [1.82, 2.24) is 25.2 Å². The van der Waals surface area contributed by atoms with E-state index in [9.17, 15) is 14.4 Å². The summed E-state index contributed by atoms with van der Waals surface area (Å²) in [6.07, 6.45) is 2.48. The van der Waals surface area contributed by atoms with Crippen LogP contribution in [0.3, 0.4) is 0 Å². The molecule has 1 saturated heterocycles. The zero-order valence-electron chi connectivity index (χ0n) is 19.7. The van der Waals surface area contributed by atoms with E-state index in [4.69, 9.17) is 11.6 Å². The molecule has 3 heterocycles. The number of carbonyl (C=O) groups is 3. The molecular weight excluding hydrogens is 490 g/mol. The molecule has 0 radical (unpaired) electrons. The van der Waals surface area contributed by atoms with Gasteiger partial charge in [-0.05, 0) is 46.9 Å². The molecule has 9 heteroatoms. The van der Waals surface area contributed by atoms with Gasteiger partial charge in [0.1, 0.15) is 11.7 Å². The van der Waals surface area contributed by atoms with E-state index in [0.29, 0.717) is 30.1 Å². The van der Waals surface area contributed by atoms with Gasteiger partial charge in [0.2, 0.25) is 11.8 Å². The molecule has 1 N–H and O–H groups in total. The van der Waals surface area contributed by atoms with E-state index < -0.39 is 11.9 Å². The number of piperidine rings is 1. The smallest absolute Gasteiger partial charge is 0.255 e. The lowest BCUT2D eigenvalue weighted by atomic mass is 9.98. The summed E-state index contributed by atoms with van der Waals surface area (Å²) in [7, 11) is 0. The fourth-order valence-corrected chi connectivity index (χ4v) is 5.13. The number of amides is 3. The van der Waals surface area contributed by atoms with Crippen LogP contribution in [0.1, 0.15) is 34.3 Å². The number of aromatic nitrogens is 3. The van der Waals surface area contributed by atoms with Crippen LogP contribution < -0.4 is 5.32 Å². The number of nitrogens with zero attached hydrogens (tertiary/aromatic N) is 4. The van der Waals surface area contributed by atoms with Crippen LogP contribution >= 0.6 is 11.6 Å². The molecule has 0 bridgehead atoms. The van der Waals surface area contributed by atoms with Crippen molar-refractivity contribution in [2.45, 2.75) is 32.0 Å². The summed E-state index contributed by atoms with van der Waals surface area (Å²) in [6, 6.07) is 20.8. The van der Waals surface area contributed by atoms with Crippen molar-refractivity contribution >= 4 is 29.3 Å². The fourth-order valence-electron chi connectivity index (χ4n) is 5.00. The summed E-state index contributed by atoms with van der Waals surface area (Å²) in [5, 5.41) is 11.8. The van der Waals surface area contributed by atoms with Crippen LogP contribution in [0.25, 0.3) is 22.4 Å². The number of hydrogen-bond donors (Lipinski definition) is 1. The van der Waals surface area contributed by atoms with E-state index in [1.165, 1.54) is 0 Å². The molecule has 0 aliphatic carbocycles. The lowest BCUT2D eigenvalue weighted by molar-refractivity contribution is -0.136. The van der Waals surface area contributed by atoms with Gasteiger partial charge < -0.3 is 4.90 Å². The zero-order chi connectivity index (χ0) is 25.5. The maximum atomic E-state index is 12.9. The highest BCUT2D eigenvalue weighted by atomic mass is 35.5. The number of carbonyl (C=O) groups excluding carboxylic acids is 3. The van der Waals surface area contributed by atoms with Gasteiger partial charge >= 0.3 is 0 Å². The van der Waals surface area contributed by atoms with Gasteiger partial charge in [-0.15, -0.1) is 5.10 Å². The third kappa shape index (κ3) is 4.40. The molecule has 8 nitrogen and oxygen atoms in total. The van der Waals surface area contributed by atoms with Crippen LogP contribution in [0, 0.1) is 0 Å². The lowest BCUT2D eigenvalue weighted by Crippen LogP contribution is -2.52. The number of imide groups is 1. The molecule has 184 valence electrons. The number of benzene rings is 3. The Labute approximate surface area is 217 Å². The minimum atomic E-state index is -0.625. The minimum absolute atomic E-state index is 0.183. The topological polar surface area (TPSA) is 97.2 Å². The first-order valence-corrected chi connectivity index (χ1v) is 12.4. The van der Waals surface area contributed by atoms with Crippen molar-refractivity contribution in [3.63, 3.8) is 0 Å². The van der Waals surface area contributed by atoms with Gasteiger partial charge in [0.15, 0.2) is 0 Å². The second-order valence-corrected chi connectivity index (χ2v) is 9.68. The monoisotopic (exact) mass is 511 g/mol. The Balaban J connectivity index is 1.21. The number of nitrogens with one attached hydrogen (secondary N) is 1. The Kier molecular flexibility index (Phi) is 5.81. The number of hydrogen-bond acceptors (Lipinski definition) is 5. The molecule has 3 aromatic carbocycles. The first-order chi connectivity index (χ1) is 18.0. The molecule has 0 spiro atoms. The van der Waals surface area contributed by atoms with E-state index in [-0.39, 0.29) is 18.2 Å². The summed E-state index contributed by atoms with van der Waals surface area (Å²) in [4.78, 5) is 38.3. The molecule has 1 unspecified atom stereocenters. The number of fused-ring (bicyclic) bond motifs is 1. The van der Waals surface area contributed by atoms with Crippen LogP contribution in [-0.2, 0) is 22.7 Å². The molecule has 2 aliphatic heterocycles. The molecule has 1 fully saturated rings. The van der Waals surface area contributed by atoms with Crippen molar-refractivity contribution in [2.24, 2.45) is 0 Å². The maximum absolute atomic E-state index is 12.9. The van der Waals surface area contributed by atoms with E-state index >= 15 is 0 Å². The quantitative estimate of drug-likeness (QED) is 0.407. The Hall–Kier alpha value is -4.30. The van der Waals surface area contributed by atoms with Gasteiger partial charge in [-0.3, -0.25) is 19.7 Å². The first kappa shape index (κ1) is 23.1. The highest BCUT2D eigenvalue weighted by Gasteiger charge is 2.39. The summed E-state index contributed by atoms with van der Waals surface area (Å²) in [6.45, 7) is 0.821. The highest BCUT2D eigenvalue weighted by molar-refractivity contribution is 6.30. The van der Waals surface area contributed by atoms with Crippen molar-refractivity contribution in [1.29, 1.82) is 0 Å². The molecule has 0 saturated carbocycles. The minimum Gasteiger partial charge on any atom is -0.322 e. The summed E-state index contributed by atoms with van der Waals surface area (Å²) < 4.78 is 1.77. The molecule has 1 atom stereocenters. The predicted octanol–water partition coefficient (Wildman–Crippen LogP) is 4.07. The van der Waals surface area contributed by atoms with Gasteiger partial charge in [0.25, 0.3) is 5.91 Å². The van der Waals surface area contributed by atoms with E-state index in [1.807, 2.05) is 66.9 Å². The van der Waals surface area contributed by atoms with Crippen LogP contribution in [0.5, 0.6) is 0 Å². The molecule has 6 rings (SSSR count). The van der Waals surface area contributed by atoms with Crippen molar-refractivity contribution in [2.75, 3.05) is 0 Å². The summed E-state index contributed by atoms with van der Waals surface area (Å²) >= 11 is 6.06. The Morgan fingerprint density at radius 3 is 2.51 bits per heavy atom. The highest BCUT2D eigenvalue weighted by Crippen LogP contribution is 2.32. The largest absolute Gasteiger partial charge is 0.322 e. The van der Waals surface area contributed by atoms with Crippen molar-refractivity contribution < 1.29 is 14.4 Å². The van der Waals surface area contributed by atoms with Gasteiger partial charge in [0.05, 0.1) is 12.7 Å². The van der Waals surface area contributed by atoms with Crippen LogP contribution in [-0.4, -0.2) is 43.7 Å². The second-order valence-electron chi connectivity index (χ2n) is 9.25. The molecule has 2 aliphatic rings. The van der Waals surface area contributed by atoms with Gasteiger partial charge in [0, 0.05) is 29.1 Å². The van der Waals surface area contributed by atoms with Crippen LogP contribution in [0.4, 0.5) is 0 Å². The van der Waals surface area contributed by atoms with Crippen molar-refractivity contribution in [3.8, 4) is 22.4 Å². The summed E-state index contributed by atoms with van der Waals surface area (Å²) in [5.74, 6) is -0.889. The van der Waals surface area contributed by atoms with E-state index in [2.05, 4.69) is 15.6 Å². The Morgan fingerprint density at radius 2 is 1.73 bits per heavy atom. The zero-order valence-corrected chi connectivity index (χ0v) is 20.5. The normalized spacial score (nSPS) is 17.2. The van der Waals surface area contributed by atoms with E-state index in [0.717, 1.165) is 33.5 Å². The van der Waals surface area contributed by atoms with E-state index in [1.54, 1.807) is 15.6 Å². The molecule has 37 heavy (non-hydrogen) atoms.